The number of benzene rings is 1. The van der Waals surface area contributed by atoms with E-state index in [0.29, 0.717) is 6.54 Å². The minimum atomic E-state index is -1.01. The van der Waals surface area contributed by atoms with Crippen LogP contribution in [-0.2, 0) is 17.3 Å². The number of nitrogens with two attached hydrogens (primary N) is 1. The van der Waals surface area contributed by atoms with E-state index >= 15 is 0 Å². The number of allylic oxidation sites excluding steroid dienone is 5. The van der Waals surface area contributed by atoms with Gasteiger partial charge in [-0.2, -0.15) is 0 Å². The minimum absolute atomic E-state index is 0.385. The molecule has 0 fully saturated rings. The Morgan fingerprint density at radius 3 is 2.58 bits per heavy atom. The molecule has 1 atom stereocenters. The van der Waals surface area contributed by atoms with Crippen LogP contribution in [0.1, 0.15) is 25.0 Å². The van der Waals surface area contributed by atoms with Crippen molar-refractivity contribution in [1.29, 1.82) is 0 Å². The van der Waals surface area contributed by atoms with Crippen LogP contribution in [0.4, 0.5) is 0 Å². The van der Waals surface area contributed by atoms with E-state index in [-0.39, 0.29) is 0 Å². The molecular formula is C16H21NOS. The molecule has 1 aromatic carbocycles. The number of hydrogen-bond acceptors (Lipinski definition) is 2. The first-order valence-electron chi connectivity index (χ1n) is 6.20. The van der Waals surface area contributed by atoms with Crippen molar-refractivity contribution in [3.05, 3.63) is 59.7 Å². The highest BCUT2D eigenvalue weighted by molar-refractivity contribution is 7.84. The van der Waals surface area contributed by atoms with Crippen LogP contribution >= 0.6 is 0 Å². The fourth-order valence-corrected chi connectivity index (χ4v) is 2.79. The van der Waals surface area contributed by atoms with Gasteiger partial charge in [-0.05, 0) is 48.3 Å². The van der Waals surface area contributed by atoms with Gasteiger partial charge in [-0.25, -0.2) is 0 Å². The molecule has 0 saturated heterocycles. The maximum atomic E-state index is 11.6. The Hall–Kier alpha value is -1.45. The van der Waals surface area contributed by atoms with E-state index in [1.54, 1.807) is 6.26 Å². The normalized spacial score (nSPS) is 13.8. The van der Waals surface area contributed by atoms with Gasteiger partial charge in [-0.1, -0.05) is 30.9 Å². The van der Waals surface area contributed by atoms with E-state index < -0.39 is 10.8 Å². The standard InChI is InChI=1S/C16H21NOS/c1-5-7-12(3)15(6-2)13-8-9-16(19(4)18)14(10-13)11-17/h5-10H,3,11,17H2,1-2,4H3/b7-5-,15-6+. The molecule has 102 valence electrons. The molecule has 0 aliphatic heterocycles. The second-order valence-electron chi connectivity index (χ2n) is 4.21. The lowest BCUT2D eigenvalue weighted by molar-refractivity contribution is 0.686. The van der Waals surface area contributed by atoms with E-state index in [4.69, 9.17) is 5.73 Å². The summed E-state index contributed by atoms with van der Waals surface area (Å²) in [5, 5.41) is 0. The van der Waals surface area contributed by atoms with E-state index in [1.807, 2.05) is 50.3 Å². The molecule has 0 radical (unpaired) electrons. The highest BCUT2D eigenvalue weighted by Crippen LogP contribution is 2.26. The maximum Gasteiger partial charge on any atom is 0.0501 e. The zero-order chi connectivity index (χ0) is 14.4. The van der Waals surface area contributed by atoms with Gasteiger partial charge < -0.3 is 5.73 Å². The molecule has 2 nitrogen and oxygen atoms in total. The predicted molar refractivity (Wildman–Crippen MR) is 84.3 cm³/mol. The molecule has 0 saturated carbocycles. The Morgan fingerprint density at radius 2 is 2.11 bits per heavy atom. The van der Waals surface area contributed by atoms with Crippen LogP contribution in [0.15, 0.2) is 53.5 Å². The van der Waals surface area contributed by atoms with Crippen LogP contribution in [0.25, 0.3) is 5.57 Å². The van der Waals surface area contributed by atoms with Crippen molar-refractivity contribution in [1.82, 2.24) is 0 Å². The molecule has 0 heterocycles. The van der Waals surface area contributed by atoms with Crippen molar-refractivity contribution in [3.8, 4) is 0 Å². The summed E-state index contributed by atoms with van der Waals surface area (Å²) in [7, 11) is -1.01. The van der Waals surface area contributed by atoms with Crippen LogP contribution in [0, 0.1) is 0 Å². The van der Waals surface area contributed by atoms with Gasteiger partial charge in [0.15, 0.2) is 0 Å². The topological polar surface area (TPSA) is 43.1 Å². The molecule has 0 spiro atoms. The molecule has 1 unspecified atom stereocenters. The van der Waals surface area contributed by atoms with Crippen LogP contribution in [-0.4, -0.2) is 10.5 Å². The molecular weight excluding hydrogens is 254 g/mol. The van der Waals surface area contributed by atoms with Gasteiger partial charge in [0.25, 0.3) is 0 Å². The van der Waals surface area contributed by atoms with E-state index in [9.17, 15) is 4.21 Å². The summed E-state index contributed by atoms with van der Waals surface area (Å²) in [6, 6.07) is 5.86. The average molecular weight is 275 g/mol. The van der Waals surface area contributed by atoms with Crippen molar-refractivity contribution in [3.63, 3.8) is 0 Å². The quantitative estimate of drug-likeness (QED) is 0.837. The molecule has 1 aromatic rings. The molecule has 3 heteroatoms. The second-order valence-corrected chi connectivity index (χ2v) is 5.56. The van der Waals surface area contributed by atoms with Crippen LogP contribution < -0.4 is 5.73 Å². The summed E-state index contributed by atoms with van der Waals surface area (Å²) in [6.07, 6.45) is 7.64. The summed E-state index contributed by atoms with van der Waals surface area (Å²) in [4.78, 5) is 0.804. The molecule has 1 rings (SSSR count). The van der Waals surface area contributed by atoms with Gasteiger partial charge in [-0.3, -0.25) is 4.21 Å². The number of hydrogen-bond donors (Lipinski definition) is 1. The third kappa shape index (κ3) is 3.75. The zero-order valence-corrected chi connectivity index (χ0v) is 12.6. The highest BCUT2D eigenvalue weighted by atomic mass is 32.2. The molecule has 0 aliphatic carbocycles. The van der Waals surface area contributed by atoms with E-state index in [0.717, 1.165) is 27.2 Å². The Balaban J connectivity index is 3.28. The molecule has 0 bridgehead atoms. The molecule has 19 heavy (non-hydrogen) atoms. The van der Waals surface area contributed by atoms with E-state index in [1.165, 1.54) is 0 Å². The van der Waals surface area contributed by atoms with Gasteiger partial charge in [0.1, 0.15) is 0 Å². The van der Waals surface area contributed by atoms with E-state index in [2.05, 4.69) is 6.58 Å². The molecule has 2 N–H and O–H groups in total. The average Bonchev–Trinajstić information content (AvgIpc) is 2.39. The first-order chi connectivity index (χ1) is 9.04. The molecule has 0 amide bonds. The first kappa shape index (κ1) is 15.6. The lowest BCUT2D eigenvalue weighted by atomic mass is 9.97. The smallest absolute Gasteiger partial charge is 0.0501 e. The van der Waals surface area contributed by atoms with Gasteiger partial charge in [0.2, 0.25) is 0 Å². The molecule has 0 aliphatic rings. The third-order valence-corrected chi connectivity index (χ3v) is 3.92. The lowest BCUT2D eigenvalue weighted by Crippen LogP contribution is -2.03. The lowest BCUT2D eigenvalue weighted by Gasteiger charge is -2.12. The van der Waals surface area contributed by atoms with Gasteiger partial charge in [0, 0.05) is 17.7 Å². The Morgan fingerprint density at radius 1 is 1.42 bits per heavy atom. The zero-order valence-electron chi connectivity index (χ0n) is 11.8. The second kappa shape index (κ2) is 7.22. The van der Waals surface area contributed by atoms with Crippen molar-refractivity contribution < 1.29 is 4.21 Å². The third-order valence-electron chi connectivity index (χ3n) is 2.90. The van der Waals surface area contributed by atoms with Gasteiger partial charge >= 0.3 is 0 Å². The fourth-order valence-electron chi connectivity index (χ4n) is 2.02. The summed E-state index contributed by atoms with van der Waals surface area (Å²) in [5.74, 6) is 0. The van der Waals surface area contributed by atoms with Crippen LogP contribution in [0.5, 0.6) is 0 Å². The van der Waals surface area contributed by atoms with Crippen LogP contribution in [0.2, 0.25) is 0 Å². The summed E-state index contributed by atoms with van der Waals surface area (Å²) < 4.78 is 11.6. The Labute approximate surface area is 118 Å². The number of rotatable bonds is 5. The highest BCUT2D eigenvalue weighted by Gasteiger charge is 2.09. The monoisotopic (exact) mass is 275 g/mol. The van der Waals surface area contributed by atoms with Crippen molar-refractivity contribution in [2.45, 2.75) is 25.3 Å². The predicted octanol–water partition coefficient (Wildman–Crippen LogP) is 3.42. The fraction of sp³-hybridized carbons (Fsp3) is 0.250. The van der Waals surface area contributed by atoms with Crippen molar-refractivity contribution in [2.24, 2.45) is 5.73 Å². The maximum absolute atomic E-state index is 11.6. The summed E-state index contributed by atoms with van der Waals surface area (Å²) in [5.41, 5.74) is 9.75. The largest absolute Gasteiger partial charge is 0.326 e. The summed E-state index contributed by atoms with van der Waals surface area (Å²) >= 11 is 0. The Kier molecular flexibility index (Phi) is 5.93. The summed E-state index contributed by atoms with van der Waals surface area (Å²) in [6.45, 7) is 8.39. The van der Waals surface area contributed by atoms with Crippen molar-refractivity contribution >= 4 is 16.4 Å². The Bertz CT molecular complexity index is 556. The van der Waals surface area contributed by atoms with Gasteiger partial charge in [-0.15, -0.1) is 0 Å². The molecule has 0 aromatic heterocycles. The van der Waals surface area contributed by atoms with Crippen LogP contribution in [0.3, 0.4) is 0 Å². The SMILES string of the molecule is C=C(/C=C\C)/C(=C\C)c1ccc(S(C)=O)c(CN)c1. The minimum Gasteiger partial charge on any atom is -0.326 e. The van der Waals surface area contributed by atoms with Crippen molar-refractivity contribution in [2.75, 3.05) is 6.26 Å². The van der Waals surface area contributed by atoms with Gasteiger partial charge in [0.05, 0.1) is 10.8 Å². The first-order valence-corrected chi connectivity index (χ1v) is 7.76.